The molecule has 0 amide bonds. The maximum atomic E-state index is 12.5. The van der Waals surface area contributed by atoms with Crippen LogP contribution < -0.4 is 5.32 Å². The van der Waals surface area contributed by atoms with Gasteiger partial charge in [0.1, 0.15) is 0 Å². The van der Waals surface area contributed by atoms with Crippen molar-refractivity contribution in [2.75, 3.05) is 25.5 Å². The Balaban J connectivity index is 2.30. The lowest BCUT2D eigenvalue weighted by Gasteiger charge is -2.29. The highest BCUT2D eigenvalue weighted by Crippen LogP contribution is 2.26. The quantitative estimate of drug-likeness (QED) is 0.904. The zero-order valence-electron chi connectivity index (χ0n) is 10.8. The summed E-state index contributed by atoms with van der Waals surface area (Å²) in [5, 5.41) is 3.01. The Hall–Kier alpha value is -1.14. The minimum absolute atomic E-state index is 0.127. The molecule has 2 rings (SSSR count). The Bertz CT molecular complexity index is 508. The van der Waals surface area contributed by atoms with E-state index in [2.05, 4.69) is 17.2 Å². The van der Waals surface area contributed by atoms with Crippen LogP contribution in [-0.2, 0) is 10.0 Å². The highest BCUT2D eigenvalue weighted by atomic mass is 32.2. The van der Waals surface area contributed by atoms with Gasteiger partial charge in [0.2, 0.25) is 0 Å². The van der Waals surface area contributed by atoms with E-state index in [9.17, 15) is 8.42 Å². The van der Waals surface area contributed by atoms with Crippen LogP contribution >= 0.6 is 0 Å². The summed E-state index contributed by atoms with van der Waals surface area (Å²) in [6.45, 7) is 3.33. The Morgan fingerprint density at radius 3 is 2.67 bits per heavy atom. The first-order valence-electron chi connectivity index (χ1n) is 6.18. The number of hydrogen-bond acceptors (Lipinski definition) is 4. The van der Waals surface area contributed by atoms with Crippen molar-refractivity contribution in [3.05, 3.63) is 18.3 Å². The van der Waals surface area contributed by atoms with Crippen molar-refractivity contribution < 1.29 is 8.42 Å². The van der Waals surface area contributed by atoms with Crippen molar-refractivity contribution in [2.24, 2.45) is 5.92 Å². The zero-order valence-corrected chi connectivity index (χ0v) is 11.6. The highest BCUT2D eigenvalue weighted by Gasteiger charge is 2.30. The van der Waals surface area contributed by atoms with Crippen molar-refractivity contribution in [1.29, 1.82) is 0 Å². The van der Waals surface area contributed by atoms with Gasteiger partial charge in [0.15, 0.2) is 5.03 Å². The summed E-state index contributed by atoms with van der Waals surface area (Å²) in [6.07, 6.45) is 3.35. The number of nitrogens with one attached hydrogen (secondary N) is 1. The molecule has 6 heteroatoms. The summed E-state index contributed by atoms with van der Waals surface area (Å²) >= 11 is 0. The molecule has 1 aliphatic rings. The summed E-state index contributed by atoms with van der Waals surface area (Å²) in [6, 6.07) is 3.45. The fourth-order valence-electron chi connectivity index (χ4n) is 2.13. The van der Waals surface area contributed by atoms with Gasteiger partial charge in [0, 0.05) is 26.3 Å². The van der Waals surface area contributed by atoms with E-state index in [1.807, 2.05) is 0 Å². The van der Waals surface area contributed by atoms with Gasteiger partial charge >= 0.3 is 0 Å². The molecule has 1 aromatic rings. The fourth-order valence-corrected chi connectivity index (χ4v) is 3.71. The van der Waals surface area contributed by atoms with Gasteiger partial charge in [-0.3, -0.25) is 0 Å². The SMILES string of the molecule is CNc1cccnc1S(=O)(=O)N1CCC(C)CC1. The molecule has 1 saturated heterocycles. The predicted octanol–water partition coefficient (Wildman–Crippen LogP) is 1.54. The van der Waals surface area contributed by atoms with Crippen LogP contribution in [0.4, 0.5) is 5.69 Å². The van der Waals surface area contributed by atoms with Crippen LogP contribution in [0.1, 0.15) is 19.8 Å². The van der Waals surface area contributed by atoms with Gasteiger partial charge in [0.25, 0.3) is 10.0 Å². The van der Waals surface area contributed by atoms with Crippen LogP contribution in [-0.4, -0.2) is 37.8 Å². The largest absolute Gasteiger partial charge is 0.386 e. The second-order valence-corrected chi connectivity index (χ2v) is 6.55. The second-order valence-electron chi connectivity index (χ2n) is 4.69. The summed E-state index contributed by atoms with van der Waals surface area (Å²) in [4.78, 5) is 4.02. The van der Waals surface area contributed by atoms with Crippen molar-refractivity contribution in [3.8, 4) is 0 Å². The van der Waals surface area contributed by atoms with E-state index in [4.69, 9.17) is 0 Å². The molecular formula is C12H19N3O2S. The van der Waals surface area contributed by atoms with E-state index in [-0.39, 0.29) is 5.03 Å². The standard InChI is InChI=1S/C12H19N3O2S/c1-10-5-8-15(9-6-10)18(16,17)12-11(13-2)4-3-7-14-12/h3-4,7,10,13H,5-6,8-9H2,1-2H3. The Kier molecular flexibility index (Phi) is 3.87. The van der Waals surface area contributed by atoms with E-state index in [0.29, 0.717) is 24.7 Å². The summed E-state index contributed by atoms with van der Waals surface area (Å²) in [5.74, 6) is 0.601. The van der Waals surface area contributed by atoms with Gasteiger partial charge in [-0.1, -0.05) is 6.92 Å². The first-order chi connectivity index (χ1) is 8.55. The molecule has 0 aliphatic carbocycles. The molecule has 1 aliphatic heterocycles. The van der Waals surface area contributed by atoms with Gasteiger partial charge in [-0.15, -0.1) is 0 Å². The van der Waals surface area contributed by atoms with Gasteiger partial charge in [-0.2, -0.15) is 4.31 Å². The molecule has 0 atom stereocenters. The van der Waals surface area contributed by atoms with Gasteiger partial charge in [0.05, 0.1) is 5.69 Å². The number of sulfonamides is 1. The van der Waals surface area contributed by atoms with E-state index in [0.717, 1.165) is 12.8 Å². The highest BCUT2D eigenvalue weighted by molar-refractivity contribution is 7.89. The molecule has 0 radical (unpaired) electrons. The molecule has 100 valence electrons. The third-order valence-electron chi connectivity index (χ3n) is 3.37. The molecule has 1 fully saturated rings. The average Bonchev–Trinajstić information content (AvgIpc) is 2.39. The Labute approximate surface area is 108 Å². The smallest absolute Gasteiger partial charge is 0.262 e. The number of pyridine rings is 1. The number of rotatable bonds is 3. The summed E-state index contributed by atoms with van der Waals surface area (Å²) in [5.41, 5.74) is 0.552. The van der Waals surface area contributed by atoms with E-state index in [1.54, 1.807) is 19.2 Å². The maximum Gasteiger partial charge on any atom is 0.262 e. The lowest BCUT2D eigenvalue weighted by atomic mass is 10.0. The summed E-state index contributed by atoms with van der Waals surface area (Å²) < 4.78 is 26.5. The number of hydrogen-bond donors (Lipinski definition) is 1. The first kappa shape index (κ1) is 13.3. The molecule has 5 nitrogen and oxygen atoms in total. The van der Waals surface area contributed by atoms with Crippen LogP contribution in [0, 0.1) is 5.92 Å². The van der Waals surface area contributed by atoms with Gasteiger partial charge in [-0.25, -0.2) is 13.4 Å². The third kappa shape index (κ3) is 2.49. The second kappa shape index (κ2) is 5.24. The molecule has 0 aromatic carbocycles. The molecule has 0 spiro atoms. The fraction of sp³-hybridized carbons (Fsp3) is 0.583. The monoisotopic (exact) mass is 269 g/mol. The Morgan fingerprint density at radius 1 is 1.39 bits per heavy atom. The molecule has 18 heavy (non-hydrogen) atoms. The van der Waals surface area contributed by atoms with Crippen LogP contribution in [0.2, 0.25) is 0 Å². The van der Waals surface area contributed by atoms with E-state index < -0.39 is 10.0 Å². The normalized spacial score (nSPS) is 18.8. The molecule has 1 aromatic heterocycles. The van der Waals surface area contributed by atoms with Crippen LogP contribution in [0.25, 0.3) is 0 Å². The number of anilines is 1. The molecule has 0 saturated carbocycles. The number of piperidine rings is 1. The van der Waals surface area contributed by atoms with Crippen LogP contribution in [0.3, 0.4) is 0 Å². The number of aromatic nitrogens is 1. The van der Waals surface area contributed by atoms with Gasteiger partial charge < -0.3 is 5.32 Å². The Morgan fingerprint density at radius 2 is 2.06 bits per heavy atom. The minimum atomic E-state index is -3.47. The minimum Gasteiger partial charge on any atom is -0.386 e. The number of nitrogens with zero attached hydrogens (tertiary/aromatic N) is 2. The van der Waals surface area contributed by atoms with Crippen LogP contribution in [0.15, 0.2) is 23.4 Å². The van der Waals surface area contributed by atoms with Crippen molar-refractivity contribution in [1.82, 2.24) is 9.29 Å². The zero-order chi connectivity index (χ0) is 13.2. The van der Waals surface area contributed by atoms with E-state index >= 15 is 0 Å². The van der Waals surface area contributed by atoms with Crippen LogP contribution in [0.5, 0.6) is 0 Å². The molecular weight excluding hydrogens is 250 g/mol. The van der Waals surface area contributed by atoms with Gasteiger partial charge in [-0.05, 0) is 30.9 Å². The van der Waals surface area contributed by atoms with Crippen molar-refractivity contribution >= 4 is 15.7 Å². The maximum absolute atomic E-state index is 12.5. The van der Waals surface area contributed by atoms with Crippen molar-refractivity contribution in [3.63, 3.8) is 0 Å². The molecule has 1 N–H and O–H groups in total. The predicted molar refractivity (Wildman–Crippen MR) is 70.9 cm³/mol. The lowest BCUT2D eigenvalue weighted by molar-refractivity contribution is 0.287. The first-order valence-corrected chi connectivity index (χ1v) is 7.62. The molecule has 2 heterocycles. The third-order valence-corrected chi connectivity index (χ3v) is 5.23. The summed E-state index contributed by atoms with van der Waals surface area (Å²) in [7, 11) is -1.77. The van der Waals surface area contributed by atoms with E-state index in [1.165, 1.54) is 10.5 Å². The lowest BCUT2D eigenvalue weighted by Crippen LogP contribution is -2.38. The molecule has 0 unspecified atom stereocenters. The molecule has 0 bridgehead atoms. The van der Waals surface area contributed by atoms with Crippen molar-refractivity contribution in [2.45, 2.75) is 24.8 Å². The average molecular weight is 269 g/mol. The topological polar surface area (TPSA) is 62.3 Å².